The largest absolute Gasteiger partial charge is 0.416 e. The molecule has 1 heterocycles. The number of carbonyl (C=O) groups excluding carboxylic acids is 1. The third-order valence-electron chi connectivity index (χ3n) is 4.02. The molecule has 0 bridgehead atoms. The highest BCUT2D eigenvalue weighted by Crippen LogP contribution is 2.29. The second-order valence-corrected chi connectivity index (χ2v) is 6.39. The van der Waals surface area contributed by atoms with Crippen molar-refractivity contribution in [3.05, 3.63) is 53.1 Å². The average molecular weight is 422 g/mol. The molecule has 162 valence electrons. The van der Waals surface area contributed by atoms with Crippen molar-refractivity contribution in [1.82, 2.24) is 15.3 Å². The van der Waals surface area contributed by atoms with E-state index in [1.165, 1.54) is 18.5 Å². The Morgan fingerprint density at radius 1 is 1.33 bits per heavy atom. The minimum atomic E-state index is -4.41. The summed E-state index contributed by atoms with van der Waals surface area (Å²) >= 11 is 0. The number of nitrogens with one attached hydrogen (secondary N) is 3. The molecule has 0 unspecified atom stereocenters. The predicted octanol–water partition coefficient (Wildman–Crippen LogP) is 3.57. The van der Waals surface area contributed by atoms with E-state index in [1.54, 1.807) is 6.07 Å². The Morgan fingerprint density at radius 3 is 2.73 bits per heavy atom. The molecule has 0 atom stereocenters. The number of anilines is 1. The van der Waals surface area contributed by atoms with Crippen LogP contribution in [0.25, 0.3) is 5.57 Å². The van der Waals surface area contributed by atoms with Gasteiger partial charge in [0, 0.05) is 25.5 Å². The maximum atomic E-state index is 12.8. The second kappa shape index (κ2) is 10.5. The number of aliphatic imine (C=N–C) groups is 1. The molecule has 0 radical (unpaired) electrons. The number of benzene rings is 1. The van der Waals surface area contributed by atoms with Crippen molar-refractivity contribution in [2.24, 2.45) is 10.7 Å². The van der Waals surface area contributed by atoms with Gasteiger partial charge in [-0.2, -0.15) is 13.2 Å². The lowest BCUT2D eigenvalue weighted by Gasteiger charge is -2.07. The fourth-order valence-electron chi connectivity index (χ4n) is 2.58. The second-order valence-electron chi connectivity index (χ2n) is 6.39. The van der Waals surface area contributed by atoms with Crippen LogP contribution in [0.3, 0.4) is 0 Å². The maximum absolute atomic E-state index is 12.8. The van der Waals surface area contributed by atoms with E-state index in [-0.39, 0.29) is 18.1 Å². The van der Waals surface area contributed by atoms with Crippen molar-refractivity contribution >= 4 is 23.5 Å². The molecule has 7 nitrogen and oxygen atoms in total. The molecule has 0 saturated heterocycles. The number of nitrogens with zero attached hydrogens (tertiary/aromatic N) is 2. The molecule has 1 aromatic carbocycles. The van der Waals surface area contributed by atoms with Crippen LogP contribution in [-0.4, -0.2) is 35.2 Å². The van der Waals surface area contributed by atoms with Crippen molar-refractivity contribution in [1.29, 1.82) is 0 Å². The molecule has 0 saturated carbocycles. The number of nitrogens with two attached hydrogens (primary N) is 1. The van der Waals surface area contributed by atoms with Gasteiger partial charge < -0.3 is 21.4 Å². The minimum Gasteiger partial charge on any atom is -0.404 e. The molecule has 2 aromatic rings. The molecule has 0 aliphatic heterocycles. The van der Waals surface area contributed by atoms with Gasteiger partial charge in [-0.1, -0.05) is 19.1 Å². The van der Waals surface area contributed by atoms with E-state index in [9.17, 15) is 18.0 Å². The SMILES string of the molecule is CCCNC(=O)c1[nH]c(C(C=NCc2cccc(C(F)(F)F)c2)=CN)nc1NCC. The third kappa shape index (κ3) is 6.10. The standard InChI is InChI=1S/C20H25F3N6O/c1-3-8-27-19(30)16-18(26-4-2)29-17(28-16)14(10-24)12-25-11-13-6-5-7-15(9-13)20(21,22)23/h5-7,9-10,12,26H,3-4,8,11,24H2,1-2H3,(H,27,30)(H,28,29). The van der Waals surface area contributed by atoms with Gasteiger partial charge in [-0.15, -0.1) is 0 Å². The predicted molar refractivity (Wildman–Crippen MR) is 111 cm³/mol. The normalized spacial score (nSPS) is 12.4. The molecule has 30 heavy (non-hydrogen) atoms. The topological polar surface area (TPSA) is 108 Å². The number of carbonyl (C=O) groups is 1. The van der Waals surface area contributed by atoms with E-state index >= 15 is 0 Å². The van der Waals surface area contributed by atoms with Gasteiger partial charge >= 0.3 is 6.18 Å². The Balaban J connectivity index is 2.19. The van der Waals surface area contributed by atoms with Gasteiger partial charge in [-0.05, 0) is 31.0 Å². The lowest BCUT2D eigenvalue weighted by molar-refractivity contribution is -0.137. The number of aromatic amines is 1. The Labute approximate surface area is 172 Å². The number of halogens is 3. The number of hydrogen-bond donors (Lipinski definition) is 4. The lowest BCUT2D eigenvalue weighted by Crippen LogP contribution is -2.25. The number of imidazole rings is 1. The van der Waals surface area contributed by atoms with Gasteiger partial charge in [0.25, 0.3) is 5.91 Å². The van der Waals surface area contributed by atoms with Gasteiger partial charge in [0.2, 0.25) is 0 Å². The van der Waals surface area contributed by atoms with Crippen LogP contribution >= 0.6 is 0 Å². The number of rotatable bonds is 9. The van der Waals surface area contributed by atoms with Crippen molar-refractivity contribution < 1.29 is 18.0 Å². The average Bonchev–Trinajstić information content (AvgIpc) is 3.13. The van der Waals surface area contributed by atoms with Crippen molar-refractivity contribution in [2.75, 3.05) is 18.4 Å². The summed E-state index contributed by atoms with van der Waals surface area (Å²) in [4.78, 5) is 23.8. The van der Waals surface area contributed by atoms with E-state index in [0.29, 0.717) is 35.9 Å². The van der Waals surface area contributed by atoms with Gasteiger partial charge in [0.15, 0.2) is 5.82 Å². The van der Waals surface area contributed by atoms with Crippen LogP contribution in [-0.2, 0) is 12.7 Å². The lowest BCUT2D eigenvalue weighted by atomic mass is 10.1. The highest BCUT2D eigenvalue weighted by atomic mass is 19.4. The maximum Gasteiger partial charge on any atom is 0.416 e. The van der Waals surface area contributed by atoms with Crippen LogP contribution in [0.1, 0.15) is 47.7 Å². The molecule has 0 aliphatic carbocycles. The number of amides is 1. The summed E-state index contributed by atoms with van der Waals surface area (Å²) in [5.41, 5.74) is 6.02. The summed E-state index contributed by atoms with van der Waals surface area (Å²) in [5.74, 6) is 0.401. The molecule has 1 amide bonds. The molecular formula is C20H25F3N6O. The third-order valence-corrected chi connectivity index (χ3v) is 4.02. The number of allylic oxidation sites excluding steroid dienone is 1. The molecule has 10 heteroatoms. The molecule has 2 rings (SSSR count). The van der Waals surface area contributed by atoms with Gasteiger partial charge in [-0.25, -0.2) is 4.98 Å². The number of hydrogen-bond acceptors (Lipinski definition) is 5. The van der Waals surface area contributed by atoms with Crippen molar-refractivity contribution in [3.8, 4) is 0 Å². The van der Waals surface area contributed by atoms with Crippen LogP contribution in [0.2, 0.25) is 0 Å². The molecule has 0 spiro atoms. The zero-order valence-electron chi connectivity index (χ0n) is 16.8. The zero-order chi connectivity index (χ0) is 22.1. The molecule has 0 aliphatic rings. The number of aromatic nitrogens is 2. The van der Waals surface area contributed by atoms with E-state index in [2.05, 4.69) is 25.6 Å². The molecular weight excluding hydrogens is 397 g/mol. The van der Waals surface area contributed by atoms with Crippen LogP contribution in [0.15, 0.2) is 35.5 Å². The quantitative estimate of drug-likeness (QED) is 0.463. The summed E-state index contributed by atoms with van der Waals surface area (Å²) in [6.07, 6.45) is -0.951. The first kappa shape index (κ1) is 23.0. The minimum absolute atomic E-state index is 0.0336. The van der Waals surface area contributed by atoms with Crippen LogP contribution in [0.4, 0.5) is 19.0 Å². The van der Waals surface area contributed by atoms with Crippen LogP contribution in [0.5, 0.6) is 0 Å². The number of alkyl halides is 3. The van der Waals surface area contributed by atoms with Crippen molar-refractivity contribution in [2.45, 2.75) is 33.0 Å². The molecule has 1 aromatic heterocycles. The van der Waals surface area contributed by atoms with Crippen LogP contribution < -0.4 is 16.4 Å². The highest BCUT2D eigenvalue weighted by Gasteiger charge is 2.30. The van der Waals surface area contributed by atoms with Crippen molar-refractivity contribution in [3.63, 3.8) is 0 Å². The Hall–Kier alpha value is -3.30. The first-order chi connectivity index (χ1) is 14.3. The fraction of sp³-hybridized carbons (Fsp3) is 0.350. The van der Waals surface area contributed by atoms with Crippen LogP contribution in [0, 0.1) is 0 Å². The summed E-state index contributed by atoms with van der Waals surface area (Å²) < 4.78 is 38.5. The summed E-state index contributed by atoms with van der Waals surface area (Å²) in [7, 11) is 0. The zero-order valence-corrected chi connectivity index (χ0v) is 16.8. The summed E-state index contributed by atoms with van der Waals surface area (Å²) in [6, 6.07) is 4.96. The highest BCUT2D eigenvalue weighted by molar-refractivity contribution is 6.09. The Bertz CT molecular complexity index is 918. The van der Waals surface area contributed by atoms with E-state index < -0.39 is 11.7 Å². The molecule has 5 N–H and O–H groups in total. The molecule has 0 fully saturated rings. The first-order valence-electron chi connectivity index (χ1n) is 9.50. The Kier molecular flexibility index (Phi) is 8.02. The fourth-order valence-corrected chi connectivity index (χ4v) is 2.58. The smallest absolute Gasteiger partial charge is 0.404 e. The van der Waals surface area contributed by atoms with E-state index in [0.717, 1.165) is 18.6 Å². The van der Waals surface area contributed by atoms with Gasteiger partial charge in [-0.3, -0.25) is 9.79 Å². The van der Waals surface area contributed by atoms with Gasteiger partial charge in [0.1, 0.15) is 11.5 Å². The Morgan fingerprint density at radius 2 is 2.10 bits per heavy atom. The van der Waals surface area contributed by atoms with E-state index in [4.69, 9.17) is 5.73 Å². The first-order valence-corrected chi connectivity index (χ1v) is 9.50. The summed E-state index contributed by atoms with van der Waals surface area (Å²) in [6.45, 7) is 4.94. The van der Waals surface area contributed by atoms with E-state index in [1.807, 2.05) is 13.8 Å². The summed E-state index contributed by atoms with van der Waals surface area (Å²) in [5, 5.41) is 5.79. The monoisotopic (exact) mass is 422 g/mol. The van der Waals surface area contributed by atoms with Gasteiger partial charge in [0.05, 0.1) is 17.7 Å². The number of H-pyrrole nitrogens is 1.